The maximum absolute atomic E-state index is 12.3. The molecule has 1 saturated heterocycles. The summed E-state index contributed by atoms with van der Waals surface area (Å²) in [5, 5.41) is 10.8. The highest BCUT2D eigenvalue weighted by Gasteiger charge is 2.44. The molecule has 1 heterocycles. The lowest BCUT2D eigenvalue weighted by molar-refractivity contribution is -0.277. The third kappa shape index (κ3) is 3.55. The first-order valence-corrected chi connectivity index (χ1v) is 7.19. The van der Waals surface area contributed by atoms with Gasteiger partial charge in [-0.05, 0) is 17.7 Å². The van der Waals surface area contributed by atoms with Gasteiger partial charge in [-0.2, -0.15) is 0 Å². The summed E-state index contributed by atoms with van der Waals surface area (Å²) in [7, 11) is 3.00. The van der Waals surface area contributed by atoms with Gasteiger partial charge in [0.1, 0.15) is 6.10 Å². The Morgan fingerprint density at radius 3 is 2.52 bits per heavy atom. The number of amides is 1. The highest BCUT2D eigenvalue weighted by Crippen LogP contribution is 2.27. The Balaban J connectivity index is 1.97. The number of hydrogen-bond acceptors (Lipinski definition) is 4. The van der Waals surface area contributed by atoms with Crippen LogP contribution in [0.5, 0.6) is 0 Å². The molecule has 0 radical (unpaired) electrons. The van der Waals surface area contributed by atoms with Crippen LogP contribution in [0.1, 0.15) is 12.0 Å². The zero-order valence-electron chi connectivity index (χ0n) is 12.2. The van der Waals surface area contributed by atoms with Crippen molar-refractivity contribution in [3.63, 3.8) is 0 Å². The number of rotatable bonds is 4. The smallest absolute Gasteiger partial charge is 0.227 e. The molecular weight excluding hydrogens is 294 g/mol. The van der Waals surface area contributed by atoms with E-state index in [0.29, 0.717) is 18.0 Å². The van der Waals surface area contributed by atoms with Crippen molar-refractivity contribution in [2.24, 2.45) is 0 Å². The average molecular weight is 314 g/mol. The van der Waals surface area contributed by atoms with Crippen molar-refractivity contribution in [3.8, 4) is 0 Å². The zero-order chi connectivity index (χ0) is 15.5. The monoisotopic (exact) mass is 313 g/mol. The van der Waals surface area contributed by atoms with Crippen LogP contribution >= 0.6 is 11.6 Å². The normalized spacial score (nSPS) is 21.3. The van der Waals surface area contributed by atoms with Gasteiger partial charge in [0, 0.05) is 32.2 Å². The Bertz CT molecular complexity index is 487. The first-order valence-electron chi connectivity index (χ1n) is 6.81. The number of carbonyl (C=O) groups excluding carboxylic acids is 1. The van der Waals surface area contributed by atoms with E-state index in [9.17, 15) is 9.90 Å². The van der Waals surface area contributed by atoms with Crippen LogP contribution < -0.4 is 0 Å². The lowest BCUT2D eigenvalue weighted by Gasteiger charge is -2.43. The molecule has 1 amide bonds. The van der Waals surface area contributed by atoms with E-state index in [2.05, 4.69) is 0 Å². The Morgan fingerprint density at radius 2 is 2.00 bits per heavy atom. The van der Waals surface area contributed by atoms with Crippen LogP contribution in [0.4, 0.5) is 0 Å². The summed E-state index contributed by atoms with van der Waals surface area (Å²) in [5.41, 5.74) is 0.897. The molecule has 6 heteroatoms. The quantitative estimate of drug-likeness (QED) is 0.855. The third-order valence-electron chi connectivity index (χ3n) is 3.94. The van der Waals surface area contributed by atoms with Crippen LogP contribution in [0.2, 0.25) is 5.02 Å². The molecule has 1 N–H and O–H groups in total. The Morgan fingerprint density at radius 1 is 1.38 bits per heavy atom. The number of benzene rings is 1. The summed E-state index contributed by atoms with van der Waals surface area (Å²) in [5.74, 6) is -1.05. The molecule has 116 valence electrons. The molecule has 0 saturated carbocycles. The molecule has 1 aliphatic rings. The van der Waals surface area contributed by atoms with E-state index < -0.39 is 11.9 Å². The molecule has 1 atom stereocenters. The summed E-state index contributed by atoms with van der Waals surface area (Å²) in [6.07, 6.45) is -0.139. The van der Waals surface area contributed by atoms with Crippen molar-refractivity contribution in [2.45, 2.75) is 24.7 Å². The second-order valence-corrected chi connectivity index (χ2v) is 5.57. The number of nitrogens with zero attached hydrogens (tertiary/aromatic N) is 1. The molecule has 0 aliphatic carbocycles. The molecule has 1 aliphatic heterocycles. The van der Waals surface area contributed by atoms with Crippen LogP contribution in [0, 0.1) is 0 Å². The van der Waals surface area contributed by atoms with E-state index in [1.54, 1.807) is 17.0 Å². The standard InChI is InChI=1S/C15H20ClNO4/c1-20-15(21-2)7-8-17(10-13(15)18)14(19)9-11-3-5-12(16)6-4-11/h3-6,13,18H,7-10H2,1-2H3. The maximum atomic E-state index is 12.3. The third-order valence-corrected chi connectivity index (χ3v) is 4.20. The van der Waals surface area contributed by atoms with Gasteiger partial charge in [-0.25, -0.2) is 0 Å². The zero-order valence-corrected chi connectivity index (χ0v) is 13.0. The Hall–Kier alpha value is -1.14. The van der Waals surface area contributed by atoms with E-state index in [4.69, 9.17) is 21.1 Å². The van der Waals surface area contributed by atoms with Crippen LogP contribution in [0.3, 0.4) is 0 Å². The minimum atomic E-state index is -1.02. The number of β-amino-alcohol motifs (C(OH)–C–C–N with tert-alkyl or cyclic N) is 1. The fourth-order valence-electron chi connectivity index (χ4n) is 2.57. The van der Waals surface area contributed by atoms with Gasteiger partial charge in [0.2, 0.25) is 5.91 Å². The Labute approximate surface area is 129 Å². The summed E-state index contributed by atoms with van der Waals surface area (Å²) < 4.78 is 10.5. The number of aliphatic hydroxyl groups is 1. The average Bonchev–Trinajstić information content (AvgIpc) is 2.50. The summed E-state index contributed by atoms with van der Waals surface area (Å²) in [6.45, 7) is 0.694. The maximum Gasteiger partial charge on any atom is 0.227 e. The molecule has 1 fully saturated rings. The van der Waals surface area contributed by atoms with E-state index in [-0.39, 0.29) is 18.9 Å². The fourth-order valence-corrected chi connectivity index (χ4v) is 2.70. The SMILES string of the molecule is COC1(OC)CCN(C(=O)Cc2ccc(Cl)cc2)CC1O. The van der Waals surface area contributed by atoms with Gasteiger partial charge < -0.3 is 19.5 Å². The lowest BCUT2D eigenvalue weighted by Crippen LogP contribution is -2.58. The topological polar surface area (TPSA) is 59.0 Å². The van der Waals surface area contributed by atoms with Gasteiger partial charge >= 0.3 is 0 Å². The second-order valence-electron chi connectivity index (χ2n) is 5.13. The molecule has 1 unspecified atom stereocenters. The highest BCUT2D eigenvalue weighted by atomic mass is 35.5. The van der Waals surface area contributed by atoms with Crippen LogP contribution in [-0.2, 0) is 20.7 Å². The van der Waals surface area contributed by atoms with Crippen molar-refractivity contribution in [1.82, 2.24) is 4.90 Å². The number of aliphatic hydroxyl groups excluding tert-OH is 1. The first kappa shape index (κ1) is 16.2. The molecule has 2 rings (SSSR count). The number of halogens is 1. The fraction of sp³-hybridized carbons (Fsp3) is 0.533. The summed E-state index contributed by atoms with van der Waals surface area (Å²) >= 11 is 5.82. The number of ether oxygens (including phenoxy) is 2. The molecule has 1 aromatic rings. The van der Waals surface area contributed by atoms with E-state index >= 15 is 0 Å². The predicted molar refractivity (Wildman–Crippen MR) is 79.1 cm³/mol. The van der Waals surface area contributed by atoms with Crippen molar-refractivity contribution < 1.29 is 19.4 Å². The lowest BCUT2D eigenvalue weighted by atomic mass is 9.99. The summed E-state index contributed by atoms with van der Waals surface area (Å²) in [4.78, 5) is 13.9. The number of methoxy groups -OCH3 is 2. The first-order chi connectivity index (χ1) is 10.0. The second kappa shape index (κ2) is 6.75. The van der Waals surface area contributed by atoms with Gasteiger partial charge in [-0.15, -0.1) is 0 Å². The molecule has 21 heavy (non-hydrogen) atoms. The van der Waals surface area contributed by atoms with Crippen LogP contribution in [0.15, 0.2) is 24.3 Å². The van der Waals surface area contributed by atoms with E-state index in [0.717, 1.165) is 5.56 Å². The molecule has 1 aromatic carbocycles. The van der Waals surface area contributed by atoms with Gasteiger partial charge in [-0.1, -0.05) is 23.7 Å². The van der Waals surface area contributed by atoms with Crippen molar-refractivity contribution >= 4 is 17.5 Å². The van der Waals surface area contributed by atoms with Crippen molar-refractivity contribution in [1.29, 1.82) is 0 Å². The van der Waals surface area contributed by atoms with Crippen molar-refractivity contribution in [3.05, 3.63) is 34.9 Å². The summed E-state index contributed by atoms with van der Waals surface area (Å²) in [6, 6.07) is 7.18. The van der Waals surface area contributed by atoms with Gasteiger partial charge in [0.25, 0.3) is 0 Å². The van der Waals surface area contributed by atoms with Gasteiger partial charge in [0.15, 0.2) is 5.79 Å². The minimum Gasteiger partial charge on any atom is -0.386 e. The molecule has 5 nitrogen and oxygen atoms in total. The van der Waals surface area contributed by atoms with Crippen molar-refractivity contribution in [2.75, 3.05) is 27.3 Å². The predicted octanol–water partition coefficient (Wildman–Crippen LogP) is 1.46. The molecular formula is C15H20ClNO4. The molecule has 0 aromatic heterocycles. The van der Waals surface area contributed by atoms with E-state index in [1.165, 1.54) is 14.2 Å². The Kier molecular flexibility index (Phi) is 5.22. The van der Waals surface area contributed by atoms with Gasteiger partial charge in [0.05, 0.1) is 13.0 Å². The van der Waals surface area contributed by atoms with Crippen LogP contribution in [0.25, 0.3) is 0 Å². The van der Waals surface area contributed by atoms with Crippen LogP contribution in [-0.4, -0.2) is 55.1 Å². The minimum absolute atomic E-state index is 0.0304. The molecule has 0 spiro atoms. The highest BCUT2D eigenvalue weighted by molar-refractivity contribution is 6.30. The largest absolute Gasteiger partial charge is 0.386 e. The number of hydrogen-bond donors (Lipinski definition) is 1. The van der Waals surface area contributed by atoms with E-state index in [1.807, 2.05) is 12.1 Å². The number of likely N-dealkylation sites (tertiary alicyclic amines) is 1. The number of carbonyl (C=O) groups is 1. The number of piperidine rings is 1. The molecule has 0 bridgehead atoms. The van der Waals surface area contributed by atoms with Gasteiger partial charge in [-0.3, -0.25) is 4.79 Å².